The summed E-state index contributed by atoms with van der Waals surface area (Å²) in [4.78, 5) is 2.30. The third-order valence-electron chi connectivity index (χ3n) is 3.63. The van der Waals surface area contributed by atoms with Gasteiger partial charge >= 0.3 is 0 Å². The Labute approximate surface area is 111 Å². The summed E-state index contributed by atoms with van der Waals surface area (Å²) in [7, 11) is 2.11. The van der Waals surface area contributed by atoms with Crippen LogP contribution in [-0.2, 0) is 6.54 Å². The van der Waals surface area contributed by atoms with Crippen molar-refractivity contribution in [3.05, 3.63) is 34.1 Å². The molecule has 1 aromatic rings. The van der Waals surface area contributed by atoms with Gasteiger partial charge in [0.15, 0.2) is 0 Å². The van der Waals surface area contributed by atoms with Crippen LogP contribution in [0, 0.1) is 5.82 Å². The van der Waals surface area contributed by atoms with Crippen LogP contribution in [0.25, 0.3) is 0 Å². The van der Waals surface area contributed by atoms with E-state index < -0.39 is 0 Å². The van der Waals surface area contributed by atoms with Gasteiger partial charge < -0.3 is 0 Å². The van der Waals surface area contributed by atoms with Crippen LogP contribution in [0.4, 0.5) is 4.39 Å². The van der Waals surface area contributed by atoms with E-state index in [9.17, 15) is 4.39 Å². The topological polar surface area (TPSA) is 3.24 Å². The Bertz CT molecular complexity index is 374. The SMILES string of the molecule is CN(Cc1ccc(Br)cc1F)C1CCCCC1. The lowest BCUT2D eigenvalue weighted by molar-refractivity contribution is 0.182. The van der Waals surface area contributed by atoms with Crippen molar-refractivity contribution in [3.63, 3.8) is 0 Å². The Morgan fingerprint density at radius 1 is 1.29 bits per heavy atom. The lowest BCUT2D eigenvalue weighted by Crippen LogP contribution is -2.33. The van der Waals surface area contributed by atoms with E-state index in [2.05, 4.69) is 27.9 Å². The third kappa shape index (κ3) is 3.52. The fraction of sp³-hybridized carbons (Fsp3) is 0.571. The van der Waals surface area contributed by atoms with E-state index in [1.165, 1.54) is 32.1 Å². The largest absolute Gasteiger partial charge is 0.299 e. The van der Waals surface area contributed by atoms with Crippen molar-refractivity contribution in [2.75, 3.05) is 7.05 Å². The third-order valence-corrected chi connectivity index (χ3v) is 4.13. The minimum absolute atomic E-state index is 0.109. The molecule has 1 aliphatic carbocycles. The molecule has 0 spiro atoms. The molecule has 0 atom stereocenters. The monoisotopic (exact) mass is 299 g/mol. The van der Waals surface area contributed by atoms with Crippen molar-refractivity contribution in [2.24, 2.45) is 0 Å². The Kier molecular flexibility index (Phi) is 4.57. The van der Waals surface area contributed by atoms with Crippen LogP contribution in [0.1, 0.15) is 37.7 Å². The molecular weight excluding hydrogens is 281 g/mol. The molecule has 1 aromatic carbocycles. The maximum absolute atomic E-state index is 13.7. The molecule has 0 unspecified atom stereocenters. The molecule has 17 heavy (non-hydrogen) atoms. The number of halogens is 2. The molecule has 1 fully saturated rings. The summed E-state index contributed by atoms with van der Waals surface area (Å²) in [6.45, 7) is 0.712. The van der Waals surface area contributed by atoms with Gasteiger partial charge in [0.1, 0.15) is 5.82 Å². The molecule has 2 rings (SSSR count). The molecule has 1 aliphatic rings. The second-order valence-electron chi connectivity index (χ2n) is 4.94. The molecule has 1 nitrogen and oxygen atoms in total. The highest BCUT2D eigenvalue weighted by molar-refractivity contribution is 9.10. The van der Waals surface area contributed by atoms with Crippen LogP contribution in [0.2, 0.25) is 0 Å². The molecule has 0 bridgehead atoms. The first-order valence-corrected chi connectivity index (χ1v) is 7.10. The smallest absolute Gasteiger partial charge is 0.128 e. The molecular formula is C14H19BrFN. The maximum atomic E-state index is 13.7. The lowest BCUT2D eigenvalue weighted by atomic mass is 9.94. The molecule has 0 aromatic heterocycles. The van der Waals surface area contributed by atoms with Gasteiger partial charge in [0.25, 0.3) is 0 Å². The number of rotatable bonds is 3. The Hall–Kier alpha value is -0.410. The zero-order chi connectivity index (χ0) is 12.3. The number of hydrogen-bond acceptors (Lipinski definition) is 1. The summed E-state index contributed by atoms with van der Waals surface area (Å²) in [5.74, 6) is -0.109. The highest BCUT2D eigenvalue weighted by atomic mass is 79.9. The van der Waals surface area contributed by atoms with Crippen molar-refractivity contribution in [1.82, 2.24) is 4.90 Å². The van der Waals surface area contributed by atoms with Gasteiger partial charge in [-0.2, -0.15) is 0 Å². The minimum atomic E-state index is -0.109. The van der Waals surface area contributed by atoms with E-state index >= 15 is 0 Å². The van der Waals surface area contributed by atoms with Crippen LogP contribution < -0.4 is 0 Å². The van der Waals surface area contributed by atoms with Gasteiger partial charge in [-0.1, -0.05) is 41.3 Å². The van der Waals surface area contributed by atoms with Crippen LogP contribution in [0.15, 0.2) is 22.7 Å². The van der Waals surface area contributed by atoms with Crippen molar-refractivity contribution in [3.8, 4) is 0 Å². The predicted octanol–water partition coefficient (Wildman–Crippen LogP) is 4.35. The molecule has 0 N–H and O–H groups in total. The Balaban J connectivity index is 1.99. The quantitative estimate of drug-likeness (QED) is 0.802. The van der Waals surface area contributed by atoms with Gasteiger partial charge in [-0.05, 0) is 32.0 Å². The molecule has 0 radical (unpaired) electrons. The number of hydrogen-bond donors (Lipinski definition) is 0. The summed E-state index contributed by atoms with van der Waals surface area (Å²) in [5, 5.41) is 0. The summed E-state index contributed by atoms with van der Waals surface area (Å²) in [6, 6.07) is 5.96. The summed E-state index contributed by atoms with van der Waals surface area (Å²) in [5.41, 5.74) is 0.793. The molecule has 0 amide bonds. The van der Waals surface area contributed by atoms with Crippen LogP contribution in [0.5, 0.6) is 0 Å². The number of nitrogens with zero attached hydrogens (tertiary/aromatic N) is 1. The van der Waals surface area contributed by atoms with Crippen molar-refractivity contribution in [2.45, 2.75) is 44.7 Å². The first-order valence-electron chi connectivity index (χ1n) is 6.31. The molecule has 0 saturated heterocycles. The summed E-state index contributed by atoms with van der Waals surface area (Å²) >= 11 is 3.29. The van der Waals surface area contributed by atoms with E-state index in [1.54, 1.807) is 6.07 Å². The molecule has 0 heterocycles. The second-order valence-corrected chi connectivity index (χ2v) is 5.86. The highest BCUT2D eigenvalue weighted by Gasteiger charge is 2.18. The summed E-state index contributed by atoms with van der Waals surface area (Å²) in [6.07, 6.45) is 6.51. The zero-order valence-electron chi connectivity index (χ0n) is 10.3. The lowest BCUT2D eigenvalue weighted by Gasteiger charge is -2.31. The average molecular weight is 300 g/mol. The Morgan fingerprint density at radius 3 is 2.65 bits per heavy atom. The van der Waals surface area contributed by atoms with Crippen molar-refractivity contribution in [1.29, 1.82) is 0 Å². The second kappa shape index (κ2) is 5.96. The van der Waals surface area contributed by atoms with Gasteiger partial charge in [-0.3, -0.25) is 4.90 Å². The molecule has 3 heteroatoms. The Morgan fingerprint density at radius 2 is 2.00 bits per heavy atom. The number of benzene rings is 1. The van der Waals surface area contributed by atoms with E-state index in [1.807, 2.05) is 12.1 Å². The molecule has 1 saturated carbocycles. The minimum Gasteiger partial charge on any atom is -0.299 e. The van der Waals surface area contributed by atoms with Gasteiger partial charge in [0.05, 0.1) is 0 Å². The van der Waals surface area contributed by atoms with Gasteiger partial charge in [-0.15, -0.1) is 0 Å². The van der Waals surface area contributed by atoms with E-state index in [4.69, 9.17) is 0 Å². The molecule has 0 aliphatic heterocycles. The fourth-order valence-corrected chi connectivity index (χ4v) is 2.90. The van der Waals surface area contributed by atoms with Crippen LogP contribution in [-0.4, -0.2) is 18.0 Å². The first kappa shape index (κ1) is 13.0. The standard InChI is InChI=1S/C14H19BrFN/c1-17(13-5-3-2-4-6-13)10-11-7-8-12(15)9-14(11)16/h7-9,13H,2-6,10H2,1H3. The first-order chi connectivity index (χ1) is 8.16. The van der Waals surface area contributed by atoms with Crippen LogP contribution >= 0.6 is 15.9 Å². The van der Waals surface area contributed by atoms with E-state index in [0.29, 0.717) is 12.6 Å². The van der Waals surface area contributed by atoms with Gasteiger partial charge in [0.2, 0.25) is 0 Å². The molecule has 94 valence electrons. The van der Waals surface area contributed by atoms with Crippen molar-refractivity contribution >= 4 is 15.9 Å². The van der Waals surface area contributed by atoms with Crippen LogP contribution in [0.3, 0.4) is 0 Å². The fourth-order valence-electron chi connectivity index (χ4n) is 2.57. The van der Waals surface area contributed by atoms with E-state index in [-0.39, 0.29) is 5.82 Å². The van der Waals surface area contributed by atoms with Gasteiger partial charge in [0, 0.05) is 22.6 Å². The summed E-state index contributed by atoms with van der Waals surface area (Å²) < 4.78 is 14.5. The van der Waals surface area contributed by atoms with Gasteiger partial charge in [-0.25, -0.2) is 4.39 Å². The average Bonchev–Trinajstić information content (AvgIpc) is 2.34. The maximum Gasteiger partial charge on any atom is 0.128 e. The van der Waals surface area contributed by atoms with E-state index in [0.717, 1.165) is 10.0 Å². The normalized spacial score (nSPS) is 17.6. The zero-order valence-corrected chi connectivity index (χ0v) is 11.8. The predicted molar refractivity (Wildman–Crippen MR) is 72.4 cm³/mol. The van der Waals surface area contributed by atoms with Crippen molar-refractivity contribution < 1.29 is 4.39 Å². The highest BCUT2D eigenvalue weighted by Crippen LogP contribution is 2.24.